The van der Waals surface area contributed by atoms with Crippen molar-refractivity contribution in [2.45, 2.75) is 92.8 Å². The number of nitrogens with zero attached hydrogens (tertiary/aromatic N) is 10. The summed E-state index contributed by atoms with van der Waals surface area (Å²) in [6, 6.07) is 26.7. The Morgan fingerprint density at radius 1 is 0.443 bits per heavy atom. The minimum absolute atomic E-state index is 0.000569. The number of carbonyl (C=O) groups is 13. The molecule has 0 saturated carbocycles. The van der Waals surface area contributed by atoms with E-state index < -0.39 is 147 Å². The molecule has 149 heavy (non-hydrogen) atoms. The topological polar surface area (TPSA) is 505 Å². The van der Waals surface area contributed by atoms with Crippen LogP contribution < -0.4 is 72.1 Å². The molecule has 8 aromatic heterocycles. The highest BCUT2D eigenvalue weighted by molar-refractivity contribution is 6.13. The molecule has 47 heteroatoms. The zero-order valence-corrected chi connectivity index (χ0v) is 79.7. The third-order valence-corrected chi connectivity index (χ3v) is 28.5. The van der Waals surface area contributed by atoms with E-state index >= 15 is 4.39 Å². The molecule has 0 bridgehead atoms. The SMILES string of the molecule is COc1ccc2c(c1F)C(=O)N(C[C@@]1(c3cc4cc5c(c(F)c4o3)C(=O)CC5)NC(=O)NC1=O)C2.COc1ccc2c(c1F)C(=O)N(C[C@@]1(c3cc4nc(-c5ccc(N)nc5)c(F)cc4o3)NC(=O)NC1=O)C2.COc1ccc2c(c1F)C(=O)N(C[C@@]1(c3cc4nc(C5=CCNCC5)c(F)cc4o3)NC(=O)NC1=O)C2.COc1ccc2c(c1F)C(=O)N(C[C@@]1(c3cc4nc(N5CCC(N(C)C)CC5)ccc4o3)CC(=O)NC1=O)C2. The van der Waals surface area contributed by atoms with E-state index in [1.807, 2.05) is 18.2 Å². The Labute approximate surface area is 836 Å². The number of urea groups is 3. The maximum absolute atomic E-state index is 15.2. The zero-order valence-electron chi connectivity index (χ0n) is 79.7. The number of imide groups is 4. The Hall–Kier alpha value is -17.7. The van der Waals surface area contributed by atoms with Crippen molar-refractivity contribution >= 4 is 139 Å². The first-order valence-corrected chi connectivity index (χ1v) is 46.7. The van der Waals surface area contributed by atoms with Gasteiger partial charge in [-0.15, -0.1) is 0 Å². The summed E-state index contributed by atoms with van der Waals surface area (Å²) in [7, 11) is 9.38. The Balaban J connectivity index is 0.000000116. The van der Waals surface area contributed by atoms with Crippen molar-refractivity contribution in [2.24, 2.45) is 0 Å². The summed E-state index contributed by atoms with van der Waals surface area (Å²) in [5.74, 6) is -10.9. The normalized spacial score (nSPS) is 20.6. The number of halogens is 7. The number of hydrogen-bond donors (Lipinski definition) is 9. The van der Waals surface area contributed by atoms with Crippen LogP contribution in [0.5, 0.6) is 23.0 Å². The second-order valence-corrected chi connectivity index (χ2v) is 37.5. The lowest BCUT2D eigenvalue weighted by Crippen LogP contribution is -2.52. The van der Waals surface area contributed by atoms with Gasteiger partial charge >= 0.3 is 18.1 Å². The molecule has 0 unspecified atom stereocenters. The van der Waals surface area contributed by atoms with E-state index in [0.29, 0.717) is 81.8 Å². The van der Waals surface area contributed by atoms with E-state index in [1.165, 1.54) is 109 Å². The van der Waals surface area contributed by atoms with E-state index in [4.69, 9.17) is 47.3 Å². The number of amides is 15. The van der Waals surface area contributed by atoms with Gasteiger partial charge in [-0.25, -0.2) is 65.1 Å². The minimum Gasteiger partial charge on any atom is -0.494 e. The molecule has 11 aliphatic rings. The van der Waals surface area contributed by atoms with Gasteiger partial charge in [-0.3, -0.25) is 69.2 Å². The number of ketones is 1. The Bertz CT molecular complexity index is 8060. The number of carbonyl (C=O) groups excluding carboxylic acids is 13. The van der Waals surface area contributed by atoms with Gasteiger partial charge in [0.15, 0.2) is 108 Å². The second-order valence-electron chi connectivity index (χ2n) is 37.5. The number of aromatic nitrogens is 4. The van der Waals surface area contributed by atoms with Crippen molar-refractivity contribution in [3.8, 4) is 34.3 Å². The smallest absolute Gasteiger partial charge is 0.322 e. The average molecular weight is 2050 g/mol. The molecular weight excluding hydrogens is 1960 g/mol. The third-order valence-electron chi connectivity index (χ3n) is 28.5. The fourth-order valence-electron chi connectivity index (χ4n) is 20.9. The number of anilines is 2. The lowest BCUT2D eigenvalue weighted by atomic mass is 9.82. The van der Waals surface area contributed by atoms with Crippen molar-refractivity contribution < 1.29 is 130 Å². The number of piperidine rings is 1. The first-order valence-electron chi connectivity index (χ1n) is 46.7. The largest absolute Gasteiger partial charge is 0.494 e. The summed E-state index contributed by atoms with van der Waals surface area (Å²) in [4.78, 5) is 193. The van der Waals surface area contributed by atoms with Crippen molar-refractivity contribution in [1.29, 1.82) is 0 Å². The number of nitrogens with two attached hydrogens (primary N) is 1. The number of furan rings is 4. The van der Waals surface area contributed by atoms with E-state index in [-0.39, 0.29) is 177 Å². The highest BCUT2D eigenvalue weighted by atomic mass is 19.2. The number of pyridine rings is 4. The number of rotatable bonds is 20. The highest BCUT2D eigenvalue weighted by Gasteiger charge is 2.59. The van der Waals surface area contributed by atoms with E-state index in [2.05, 4.69) is 81.4 Å². The fourth-order valence-corrected chi connectivity index (χ4v) is 20.9. The number of ether oxygens (including phenoxy) is 4. The predicted octanol–water partition coefficient (Wildman–Crippen LogP) is 9.62. The molecule has 5 fully saturated rings. The molecule has 18 heterocycles. The van der Waals surface area contributed by atoms with Gasteiger partial charge in [-0.1, -0.05) is 30.3 Å². The summed E-state index contributed by atoms with van der Waals surface area (Å²) >= 11 is 0. The van der Waals surface area contributed by atoms with Gasteiger partial charge in [-0.2, -0.15) is 0 Å². The number of aryl methyl sites for hydroxylation is 1. The number of nitrogens with one attached hydrogen (secondary N) is 8. The Morgan fingerprint density at radius 3 is 1.31 bits per heavy atom. The molecule has 4 atom stereocenters. The van der Waals surface area contributed by atoms with E-state index in [9.17, 15) is 88.7 Å². The van der Waals surface area contributed by atoms with Crippen LogP contribution >= 0.6 is 0 Å². The number of hydrogen-bond acceptors (Lipinski definition) is 29. The molecule has 24 rings (SSSR count). The van der Waals surface area contributed by atoms with Gasteiger partial charge in [0, 0.05) is 112 Å². The zero-order chi connectivity index (χ0) is 105. The van der Waals surface area contributed by atoms with Crippen LogP contribution in [0.2, 0.25) is 0 Å². The maximum Gasteiger partial charge on any atom is 0.322 e. The molecule has 764 valence electrons. The van der Waals surface area contributed by atoms with Gasteiger partial charge in [0.05, 0.1) is 82.3 Å². The summed E-state index contributed by atoms with van der Waals surface area (Å²) in [5, 5.41) is 19.9. The van der Waals surface area contributed by atoms with Gasteiger partial charge in [0.25, 0.3) is 41.4 Å². The van der Waals surface area contributed by atoms with Crippen molar-refractivity contribution in [3.63, 3.8) is 0 Å². The molecule has 5 saturated heterocycles. The number of nitrogen functional groups attached to an aromatic ring is 1. The quantitative estimate of drug-likeness (QED) is 0.0195. The van der Waals surface area contributed by atoms with Gasteiger partial charge in [-0.05, 0) is 140 Å². The number of Topliss-reactive ketones (excluding diaryl/α,β-unsaturated/α-hetero) is 1. The molecule has 0 radical (unpaired) electrons. The van der Waals surface area contributed by atoms with Crippen LogP contribution in [0.1, 0.15) is 140 Å². The number of benzene rings is 5. The first kappa shape index (κ1) is 97.4. The lowest BCUT2D eigenvalue weighted by molar-refractivity contribution is -0.127. The van der Waals surface area contributed by atoms with Crippen LogP contribution in [0.3, 0.4) is 0 Å². The molecule has 15 amide bonds. The molecule has 5 aromatic carbocycles. The van der Waals surface area contributed by atoms with Gasteiger partial charge in [0.2, 0.25) is 11.8 Å². The summed E-state index contributed by atoms with van der Waals surface area (Å²) in [6.45, 7) is 1.79. The molecule has 40 nitrogen and oxygen atoms in total. The highest BCUT2D eigenvalue weighted by Crippen LogP contribution is 2.47. The molecular formula is C102H86F7N19O21. The van der Waals surface area contributed by atoms with Crippen LogP contribution in [0.15, 0.2) is 145 Å². The Morgan fingerprint density at radius 2 is 0.886 bits per heavy atom. The lowest BCUT2D eigenvalue weighted by Gasteiger charge is -2.35. The molecule has 10 aliphatic heterocycles. The molecule has 1 aliphatic carbocycles. The molecule has 0 spiro atoms. The van der Waals surface area contributed by atoms with Crippen molar-refractivity contribution in [3.05, 3.63) is 253 Å². The van der Waals surface area contributed by atoms with Crippen molar-refractivity contribution in [2.75, 3.05) is 106 Å². The van der Waals surface area contributed by atoms with Crippen LogP contribution in [0, 0.1) is 40.7 Å². The van der Waals surface area contributed by atoms with Gasteiger partial charge < -0.3 is 93.0 Å². The first-order chi connectivity index (χ1) is 71.4. The minimum atomic E-state index is -1.89. The molecule has 10 N–H and O–H groups in total. The van der Waals surface area contributed by atoms with E-state index in [1.54, 1.807) is 42.5 Å². The van der Waals surface area contributed by atoms with Crippen LogP contribution in [0.25, 0.3) is 61.1 Å². The fraction of sp³-hybridized carbons (Fsp3) is 0.284. The monoisotopic (exact) mass is 2050 g/mol. The maximum atomic E-state index is 15.2. The summed E-state index contributed by atoms with van der Waals surface area (Å²) in [5.41, 5.74) is 2.76. The van der Waals surface area contributed by atoms with Crippen LogP contribution in [0.4, 0.5) is 56.8 Å². The van der Waals surface area contributed by atoms with Gasteiger partial charge in [0.1, 0.15) is 68.0 Å². The average Bonchev–Trinajstić information content (AvgIpc) is 1.58. The standard InChI is InChI=1S/C28H30FN5O5.C25H18F2N6O5.C25H21F2N5O5.C24H17F2N3O6/c1-32(2)17-8-10-33(11-9-17)22-7-6-19-18(30-22)12-21(39-19)28(13-23(35)31-27(28)37)15-34-14-16-4-5-20(38-3)25(29)24(16)26(34)36;1-37-15-4-2-12-9-33(22(34)19(12)20(15)27)10-25(23(35)31-24(36)32-25)17-7-14-16(38-17)6-13(26)21(30-14)11-3-5-18(28)29-8-11;1-36-16-3-2-13-10-32(22(33)19(13)20(16)27)11-25(23(34)30-24(35)31-25)18-9-15-17(37-18)8-14(26)21(29-15)12-4-6-28-7-5-12;1-34-14-5-3-11-8-29(21(31)17(11)18(14)25)9-24(22(32)27-23(33)28-24)15-7-12-6-10-2-4-13(30)16(10)19(26)20(12)35-15/h4-7,12,17H,8-11,13-15H2,1-3H3,(H,31,35,37);2-8H,9-10H2,1H3,(H2,28,29)(H2,31,32,35,36);2-4,8-9,28H,5-7,10-11H2,1H3,(H2,30,31,34,35);3,5-7H,2,4,8-9H2,1H3,(H2,27,28,32,33)/t28-;2*25-;24-/m1000/s1. The predicted molar refractivity (Wildman–Crippen MR) is 508 cm³/mol. The van der Waals surface area contributed by atoms with Crippen LogP contribution in [-0.2, 0) is 78.6 Å². The summed E-state index contributed by atoms with van der Waals surface area (Å²) in [6.07, 6.45) is 6.29. The van der Waals surface area contributed by atoms with E-state index in [0.717, 1.165) is 43.4 Å². The Kier molecular flexibility index (Phi) is 24.3. The summed E-state index contributed by atoms with van der Waals surface area (Å²) < 4.78 is 148. The van der Waals surface area contributed by atoms with Crippen LogP contribution in [-0.4, -0.2) is 222 Å². The van der Waals surface area contributed by atoms with Crippen molar-refractivity contribution in [1.82, 2.24) is 87.0 Å². The third kappa shape index (κ3) is 16.5. The number of methoxy groups -OCH3 is 4. The molecule has 13 aromatic rings. The second kappa shape index (κ2) is 37.1. The number of fused-ring (bicyclic) bond motifs is 9.